The second-order valence-electron chi connectivity index (χ2n) is 4.91. The molecule has 0 aromatic heterocycles. The van der Waals surface area contributed by atoms with Crippen LogP contribution in [0.5, 0.6) is 0 Å². The fourth-order valence-electron chi connectivity index (χ4n) is 2.72. The Morgan fingerprint density at radius 1 is 1.47 bits per heavy atom. The van der Waals surface area contributed by atoms with E-state index in [0.29, 0.717) is 6.54 Å². The van der Waals surface area contributed by atoms with Crippen LogP contribution in [0.2, 0.25) is 0 Å². The minimum absolute atomic E-state index is 0.0346. The SMILES string of the molecule is CC(=O)NC1CCN(C2[N]CC(O)C2O)C1C. The Morgan fingerprint density at radius 3 is 2.71 bits per heavy atom. The zero-order chi connectivity index (χ0) is 12.6. The summed E-state index contributed by atoms with van der Waals surface area (Å²) in [6.07, 6.45) is -1.05. The maximum absolute atomic E-state index is 11.0. The van der Waals surface area contributed by atoms with Crippen LogP contribution in [0.25, 0.3) is 0 Å². The highest BCUT2D eigenvalue weighted by Crippen LogP contribution is 2.24. The average molecular weight is 242 g/mol. The van der Waals surface area contributed by atoms with E-state index < -0.39 is 12.2 Å². The Hall–Kier alpha value is -0.690. The fourth-order valence-corrected chi connectivity index (χ4v) is 2.72. The number of rotatable bonds is 2. The molecule has 1 radical (unpaired) electrons. The van der Waals surface area contributed by atoms with Crippen LogP contribution in [0.15, 0.2) is 0 Å². The number of nitrogens with zero attached hydrogens (tertiary/aromatic N) is 2. The van der Waals surface area contributed by atoms with Crippen molar-refractivity contribution in [1.29, 1.82) is 0 Å². The smallest absolute Gasteiger partial charge is 0.217 e. The summed E-state index contributed by atoms with van der Waals surface area (Å²) in [5.41, 5.74) is 0. The molecule has 2 aliphatic heterocycles. The first-order chi connectivity index (χ1) is 8.00. The first kappa shape index (κ1) is 12.8. The fraction of sp³-hybridized carbons (Fsp3) is 0.909. The number of hydrogen-bond donors (Lipinski definition) is 3. The molecular formula is C11H20N3O3. The van der Waals surface area contributed by atoms with Gasteiger partial charge in [-0.2, -0.15) is 0 Å². The second kappa shape index (κ2) is 4.89. The molecule has 0 spiro atoms. The van der Waals surface area contributed by atoms with Crippen LogP contribution in [-0.2, 0) is 4.79 Å². The second-order valence-corrected chi connectivity index (χ2v) is 4.91. The predicted octanol–water partition coefficient (Wildman–Crippen LogP) is -1.75. The summed E-state index contributed by atoms with van der Waals surface area (Å²) in [7, 11) is 0. The van der Waals surface area contributed by atoms with Crippen molar-refractivity contribution in [2.75, 3.05) is 13.1 Å². The van der Waals surface area contributed by atoms with Crippen LogP contribution in [0.3, 0.4) is 0 Å². The molecule has 1 amide bonds. The van der Waals surface area contributed by atoms with Gasteiger partial charge in [-0.1, -0.05) is 0 Å². The van der Waals surface area contributed by atoms with E-state index in [1.165, 1.54) is 6.92 Å². The van der Waals surface area contributed by atoms with Crippen molar-refractivity contribution in [3.63, 3.8) is 0 Å². The minimum atomic E-state index is -0.812. The van der Waals surface area contributed by atoms with Gasteiger partial charge < -0.3 is 15.5 Å². The summed E-state index contributed by atoms with van der Waals surface area (Å²) in [6.45, 7) is 4.60. The monoisotopic (exact) mass is 242 g/mol. The van der Waals surface area contributed by atoms with Gasteiger partial charge in [0.2, 0.25) is 5.91 Å². The highest BCUT2D eigenvalue weighted by molar-refractivity contribution is 5.73. The molecular weight excluding hydrogens is 222 g/mol. The molecule has 6 nitrogen and oxygen atoms in total. The molecule has 2 rings (SSSR count). The number of carbonyl (C=O) groups is 1. The Labute approximate surface area is 101 Å². The molecule has 5 atom stereocenters. The molecule has 6 heteroatoms. The Kier molecular flexibility index (Phi) is 3.67. The van der Waals surface area contributed by atoms with Gasteiger partial charge in [0, 0.05) is 32.1 Å². The lowest BCUT2D eigenvalue weighted by atomic mass is 10.1. The summed E-state index contributed by atoms with van der Waals surface area (Å²) in [5, 5.41) is 26.5. The highest BCUT2D eigenvalue weighted by Gasteiger charge is 2.44. The molecule has 0 aliphatic carbocycles. The normalized spacial score (nSPS) is 42.9. The minimum Gasteiger partial charge on any atom is -0.389 e. The Morgan fingerprint density at radius 2 is 2.18 bits per heavy atom. The average Bonchev–Trinajstić information content (AvgIpc) is 2.75. The van der Waals surface area contributed by atoms with E-state index >= 15 is 0 Å². The molecule has 2 aliphatic rings. The number of aliphatic hydroxyl groups is 2. The molecule has 0 aromatic rings. The van der Waals surface area contributed by atoms with E-state index in [1.54, 1.807) is 0 Å². The summed E-state index contributed by atoms with van der Waals surface area (Å²) in [6, 6.07) is 0.236. The molecule has 5 unspecified atom stereocenters. The van der Waals surface area contributed by atoms with E-state index in [4.69, 9.17) is 0 Å². The molecule has 97 valence electrons. The summed E-state index contributed by atoms with van der Waals surface area (Å²) in [4.78, 5) is 13.1. The van der Waals surface area contributed by atoms with Crippen molar-refractivity contribution in [3.05, 3.63) is 0 Å². The van der Waals surface area contributed by atoms with Crippen LogP contribution < -0.4 is 10.6 Å². The maximum atomic E-state index is 11.0. The summed E-state index contributed by atoms with van der Waals surface area (Å²) < 4.78 is 0. The van der Waals surface area contributed by atoms with Crippen LogP contribution in [0.4, 0.5) is 0 Å². The van der Waals surface area contributed by atoms with E-state index in [0.717, 1.165) is 13.0 Å². The topological polar surface area (TPSA) is 86.9 Å². The van der Waals surface area contributed by atoms with E-state index in [1.807, 2.05) is 6.92 Å². The molecule has 0 saturated carbocycles. The first-order valence-electron chi connectivity index (χ1n) is 6.06. The largest absolute Gasteiger partial charge is 0.389 e. The number of carbonyl (C=O) groups excluding carboxylic acids is 1. The standard InChI is InChI=1S/C11H20N3O3/c1-6-8(13-7(2)15)3-4-14(6)11-10(17)9(16)5-12-11/h6,8-11,16-17H,3-5H2,1-2H3,(H,13,15). The lowest BCUT2D eigenvalue weighted by molar-refractivity contribution is -0.119. The van der Waals surface area contributed by atoms with Crippen molar-refractivity contribution in [1.82, 2.24) is 15.5 Å². The number of hydrogen-bond acceptors (Lipinski definition) is 4. The van der Waals surface area contributed by atoms with E-state index in [-0.39, 0.29) is 24.2 Å². The van der Waals surface area contributed by atoms with Crippen molar-refractivity contribution < 1.29 is 15.0 Å². The summed E-state index contributed by atoms with van der Waals surface area (Å²) >= 11 is 0. The van der Waals surface area contributed by atoms with Gasteiger partial charge in [0.05, 0.1) is 6.10 Å². The van der Waals surface area contributed by atoms with Gasteiger partial charge >= 0.3 is 0 Å². The Bertz CT molecular complexity index is 300. The van der Waals surface area contributed by atoms with Crippen molar-refractivity contribution in [2.45, 2.75) is 50.7 Å². The lowest BCUT2D eigenvalue weighted by Gasteiger charge is -2.31. The summed E-state index contributed by atoms with van der Waals surface area (Å²) in [5.74, 6) is -0.0346. The number of likely N-dealkylation sites (tertiary alicyclic amines) is 1. The predicted molar refractivity (Wildman–Crippen MR) is 61.2 cm³/mol. The van der Waals surface area contributed by atoms with Gasteiger partial charge in [0.15, 0.2) is 0 Å². The molecule has 2 fully saturated rings. The molecule has 2 heterocycles. The zero-order valence-corrected chi connectivity index (χ0v) is 10.2. The molecule has 17 heavy (non-hydrogen) atoms. The molecule has 3 N–H and O–H groups in total. The molecule has 2 saturated heterocycles. The van der Waals surface area contributed by atoms with Crippen LogP contribution >= 0.6 is 0 Å². The van der Waals surface area contributed by atoms with E-state index in [2.05, 4.69) is 15.5 Å². The van der Waals surface area contributed by atoms with Crippen molar-refractivity contribution in [3.8, 4) is 0 Å². The van der Waals surface area contributed by atoms with Gasteiger partial charge in [-0.25, -0.2) is 5.32 Å². The third kappa shape index (κ3) is 2.44. The highest BCUT2D eigenvalue weighted by atomic mass is 16.3. The van der Waals surface area contributed by atoms with Crippen molar-refractivity contribution in [2.24, 2.45) is 0 Å². The van der Waals surface area contributed by atoms with Gasteiger partial charge in [-0.05, 0) is 13.3 Å². The number of aliphatic hydroxyl groups excluding tert-OH is 2. The van der Waals surface area contributed by atoms with Gasteiger partial charge in [0.25, 0.3) is 0 Å². The van der Waals surface area contributed by atoms with Gasteiger partial charge in [-0.15, -0.1) is 0 Å². The zero-order valence-electron chi connectivity index (χ0n) is 10.2. The van der Waals surface area contributed by atoms with Gasteiger partial charge in [-0.3, -0.25) is 9.69 Å². The third-order valence-electron chi connectivity index (χ3n) is 3.71. The Balaban J connectivity index is 1.97. The lowest BCUT2D eigenvalue weighted by Crippen LogP contribution is -2.51. The molecule has 0 aromatic carbocycles. The molecule has 0 bridgehead atoms. The van der Waals surface area contributed by atoms with Crippen LogP contribution in [0.1, 0.15) is 20.3 Å². The number of amides is 1. The van der Waals surface area contributed by atoms with Crippen molar-refractivity contribution >= 4 is 5.91 Å². The maximum Gasteiger partial charge on any atom is 0.217 e. The van der Waals surface area contributed by atoms with Crippen LogP contribution in [-0.4, -0.2) is 64.6 Å². The number of nitrogens with one attached hydrogen (secondary N) is 1. The van der Waals surface area contributed by atoms with E-state index in [9.17, 15) is 15.0 Å². The van der Waals surface area contributed by atoms with Gasteiger partial charge in [0.1, 0.15) is 12.3 Å². The quantitative estimate of drug-likeness (QED) is 0.536. The first-order valence-corrected chi connectivity index (χ1v) is 6.06. The van der Waals surface area contributed by atoms with Crippen LogP contribution in [0, 0.1) is 0 Å². The third-order valence-corrected chi connectivity index (χ3v) is 3.71.